The van der Waals surface area contributed by atoms with E-state index < -0.39 is 10.0 Å². The SMILES string of the molecule is O=c1sc2cc(S(=O)(=O)NCc3ccc(N4CCCCC4)cc3)ccc2n1Cc1ccccc1. The summed E-state index contributed by atoms with van der Waals surface area (Å²) in [4.78, 5) is 15.0. The van der Waals surface area contributed by atoms with Gasteiger partial charge in [-0.3, -0.25) is 9.36 Å². The summed E-state index contributed by atoms with van der Waals surface area (Å²) in [5.41, 5.74) is 3.86. The molecular weight excluding hydrogens is 466 g/mol. The fourth-order valence-corrected chi connectivity index (χ4v) is 6.42. The minimum atomic E-state index is -3.71. The first-order chi connectivity index (χ1) is 16.5. The van der Waals surface area contributed by atoms with Crippen LogP contribution in [0, 0.1) is 0 Å². The van der Waals surface area contributed by atoms with Crippen LogP contribution in [-0.2, 0) is 23.1 Å². The average Bonchev–Trinajstić information content (AvgIpc) is 3.18. The van der Waals surface area contributed by atoms with Crippen LogP contribution in [0.2, 0.25) is 0 Å². The number of hydrogen-bond acceptors (Lipinski definition) is 5. The molecule has 5 rings (SSSR count). The summed E-state index contributed by atoms with van der Waals surface area (Å²) in [5, 5.41) is 0. The molecule has 3 aromatic carbocycles. The van der Waals surface area contributed by atoms with Gasteiger partial charge in [0.15, 0.2) is 0 Å². The van der Waals surface area contributed by atoms with E-state index in [-0.39, 0.29) is 16.3 Å². The van der Waals surface area contributed by atoms with Crippen molar-refractivity contribution in [2.75, 3.05) is 18.0 Å². The monoisotopic (exact) mass is 493 g/mol. The molecule has 0 bridgehead atoms. The first-order valence-electron chi connectivity index (χ1n) is 11.5. The zero-order valence-electron chi connectivity index (χ0n) is 18.8. The molecule has 6 nitrogen and oxygen atoms in total. The van der Waals surface area contributed by atoms with Crippen LogP contribution in [0.4, 0.5) is 5.69 Å². The number of hydrogen-bond donors (Lipinski definition) is 1. The summed E-state index contributed by atoms with van der Waals surface area (Å²) in [6.07, 6.45) is 3.73. The van der Waals surface area contributed by atoms with E-state index in [2.05, 4.69) is 21.8 Å². The lowest BCUT2D eigenvalue weighted by atomic mass is 10.1. The fourth-order valence-electron chi connectivity index (χ4n) is 4.37. The maximum atomic E-state index is 12.9. The molecule has 34 heavy (non-hydrogen) atoms. The highest BCUT2D eigenvalue weighted by Crippen LogP contribution is 2.23. The molecule has 1 aliphatic heterocycles. The van der Waals surface area contributed by atoms with Crippen molar-refractivity contribution in [1.29, 1.82) is 0 Å². The van der Waals surface area contributed by atoms with E-state index in [0.717, 1.165) is 41.1 Å². The molecule has 1 aliphatic rings. The van der Waals surface area contributed by atoms with Crippen molar-refractivity contribution >= 4 is 37.3 Å². The minimum absolute atomic E-state index is 0.102. The number of fused-ring (bicyclic) bond motifs is 1. The third-order valence-corrected chi connectivity index (χ3v) is 8.60. The molecule has 1 N–H and O–H groups in total. The number of sulfonamides is 1. The van der Waals surface area contributed by atoms with Crippen molar-refractivity contribution in [3.05, 3.63) is 93.6 Å². The average molecular weight is 494 g/mol. The van der Waals surface area contributed by atoms with Gasteiger partial charge in [0.25, 0.3) is 0 Å². The van der Waals surface area contributed by atoms with Crippen LogP contribution in [0.25, 0.3) is 10.2 Å². The fraction of sp³-hybridized carbons (Fsp3) is 0.269. The zero-order valence-corrected chi connectivity index (χ0v) is 20.4. The quantitative estimate of drug-likeness (QED) is 0.409. The lowest BCUT2D eigenvalue weighted by molar-refractivity contribution is 0.577. The summed E-state index contributed by atoms with van der Waals surface area (Å²) in [7, 11) is -3.71. The van der Waals surface area contributed by atoms with E-state index in [0.29, 0.717) is 11.2 Å². The summed E-state index contributed by atoms with van der Waals surface area (Å²) in [6.45, 7) is 2.82. The molecule has 1 aromatic heterocycles. The van der Waals surface area contributed by atoms with E-state index >= 15 is 0 Å². The third kappa shape index (κ3) is 4.94. The van der Waals surface area contributed by atoms with Crippen LogP contribution in [0.1, 0.15) is 30.4 Å². The van der Waals surface area contributed by atoms with Gasteiger partial charge in [0.2, 0.25) is 10.0 Å². The van der Waals surface area contributed by atoms with E-state index in [1.165, 1.54) is 24.9 Å². The standard InChI is InChI=1S/C26H27N3O3S2/c30-26-29(19-21-7-3-1-4-8-21)24-14-13-23(17-25(24)33-26)34(31,32)27-18-20-9-11-22(12-10-20)28-15-5-2-6-16-28/h1,3-4,7-14,17,27H,2,5-6,15-16,18-19H2. The van der Waals surface area contributed by atoms with Crippen LogP contribution in [-0.4, -0.2) is 26.1 Å². The van der Waals surface area contributed by atoms with Crippen LogP contribution in [0.5, 0.6) is 0 Å². The second-order valence-electron chi connectivity index (χ2n) is 8.61. The van der Waals surface area contributed by atoms with Gasteiger partial charge in [0.1, 0.15) is 0 Å². The highest BCUT2D eigenvalue weighted by molar-refractivity contribution is 7.89. The Kier molecular flexibility index (Phi) is 6.54. The number of benzene rings is 3. The van der Waals surface area contributed by atoms with Gasteiger partial charge in [-0.15, -0.1) is 0 Å². The molecule has 176 valence electrons. The Bertz CT molecular complexity index is 1440. The molecular formula is C26H27N3O3S2. The van der Waals surface area contributed by atoms with Crippen molar-refractivity contribution < 1.29 is 8.42 Å². The largest absolute Gasteiger partial charge is 0.372 e. The van der Waals surface area contributed by atoms with Crippen molar-refractivity contribution in [3.8, 4) is 0 Å². The van der Waals surface area contributed by atoms with Crippen LogP contribution < -0.4 is 14.5 Å². The summed E-state index contributed by atoms with van der Waals surface area (Å²) in [6, 6.07) is 22.7. The van der Waals surface area contributed by atoms with Gasteiger partial charge in [0.05, 0.1) is 21.7 Å². The van der Waals surface area contributed by atoms with E-state index in [9.17, 15) is 13.2 Å². The number of nitrogens with one attached hydrogen (secondary N) is 1. The zero-order chi connectivity index (χ0) is 23.5. The predicted molar refractivity (Wildman–Crippen MR) is 138 cm³/mol. The van der Waals surface area contributed by atoms with Gasteiger partial charge in [0, 0.05) is 25.3 Å². The van der Waals surface area contributed by atoms with E-state index in [4.69, 9.17) is 0 Å². The molecule has 0 radical (unpaired) electrons. The minimum Gasteiger partial charge on any atom is -0.372 e. The highest BCUT2D eigenvalue weighted by atomic mass is 32.2. The molecule has 0 spiro atoms. The van der Waals surface area contributed by atoms with Crippen LogP contribution in [0.15, 0.2) is 82.5 Å². The molecule has 0 amide bonds. The number of rotatable bonds is 7. The Morgan fingerprint density at radius 2 is 1.59 bits per heavy atom. The number of anilines is 1. The van der Waals surface area contributed by atoms with E-state index in [1.54, 1.807) is 22.8 Å². The molecule has 1 fully saturated rings. The van der Waals surface area contributed by atoms with Crippen molar-refractivity contribution in [1.82, 2.24) is 9.29 Å². The molecule has 0 atom stereocenters. The molecule has 1 saturated heterocycles. The van der Waals surface area contributed by atoms with Gasteiger partial charge in [-0.05, 0) is 60.7 Å². The molecule has 8 heteroatoms. The Balaban J connectivity index is 1.30. The number of aromatic nitrogens is 1. The van der Waals surface area contributed by atoms with Crippen LogP contribution >= 0.6 is 11.3 Å². The Labute approximate surface area is 203 Å². The summed E-state index contributed by atoms with van der Waals surface area (Å²) < 4.78 is 30.9. The topological polar surface area (TPSA) is 71.4 Å². The Morgan fingerprint density at radius 3 is 2.32 bits per heavy atom. The second-order valence-corrected chi connectivity index (χ2v) is 11.4. The summed E-state index contributed by atoms with van der Waals surface area (Å²) in [5.74, 6) is 0. The molecule has 0 unspecified atom stereocenters. The van der Waals surface area contributed by atoms with Crippen molar-refractivity contribution in [3.63, 3.8) is 0 Å². The maximum Gasteiger partial charge on any atom is 0.308 e. The molecule has 2 heterocycles. The van der Waals surface area contributed by atoms with Crippen LogP contribution in [0.3, 0.4) is 0 Å². The van der Waals surface area contributed by atoms with E-state index in [1.807, 2.05) is 42.5 Å². The molecule has 0 aliphatic carbocycles. The van der Waals surface area contributed by atoms with Gasteiger partial charge >= 0.3 is 4.87 Å². The van der Waals surface area contributed by atoms with Crippen molar-refractivity contribution in [2.24, 2.45) is 0 Å². The predicted octanol–water partition coefficient (Wildman–Crippen LogP) is 4.58. The van der Waals surface area contributed by atoms with Crippen molar-refractivity contribution in [2.45, 2.75) is 37.2 Å². The Morgan fingerprint density at radius 1 is 0.853 bits per heavy atom. The second kappa shape index (κ2) is 9.74. The third-order valence-electron chi connectivity index (χ3n) is 6.26. The highest BCUT2D eigenvalue weighted by Gasteiger charge is 2.17. The normalized spacial score (nSPS) is 14.5. The summed E-state index contributed by atoms with van der Waals surface area (Å²) >= 11 is 1.07. The maximum absolute atomic E-state index is 12.9. The number of nitrogens with zero attached hydrogens (tertiary/aromatic N) is 2. The van der Waals surface area contributed by atoms with Gasteiger partial charge in [-0.2, -0.15) is 0 Å². The Hall–Kier alpha value is -2.94. The lowest BCUT2D eigenvalue weighted by Crippen LogP contribution is -2.29. The molecule has 4 aromatic rings. The van der Waals surface area contributed by atoms with Gasteiger partial charge in [-0.25, -0.2) is 13.1 Å². The lowest BCUT2D eigenvalue weighted by Gasteiger charge is -2.28. The number of piperidine rings is 1. The van der Waals surface area contributed by atoms with Gasteiger partial charge < -0.3 is 4.90 Å². The van der Waals surface area contributed by atoms with Gasteiger partial charge in [-0.1, -0.05) is 53.8 Å². The first-order valence-corrected chi connectivity index (χ1v) is 13.8. The number of thiazole rings is 1. The molecule has 0 saturated carbocycles. The first kappa shape index (κ1) is 22.8. The smallest absolute Gasteiger partial charge is 0.308 e.